The normalized spacial score (nSPS) is 22.5. The molecule has 0 aromatic carbocycles. The van der Waals surface area contributed by atoms with Crippen molar-refractivity contribution in [2.45, 2.75) is 19.3 Å². The van der Waals surface area contributed by atoms with Crippen LogP contribution in [0.25, 0.3) is 0 Å². The van der Waals surface area contributed by atoms with E-state index in [1.54, 1.807) is 0 Å². The van der Waals surface area contributed by atoms with E-state index in [1.807, 2.05) is 0 Å². The first-order valence-corrected chi connectivity index (χ1v) is 6.31. The van der Waals surface area contributed by atoms with Crippen molar-refractivity contribution in [3.63, 3.8) is 0 Å². The molecular weight excluding hydrogens is 256 g/mol. The lowest BCUT2D eigenvalue weighted by atomic mass is 10.1. The first kappa shape index (κ1) is 11.0. The van der Waals surface area contributed by atoms with Gasteiger partial charge in [0.25, 0.3) is 0 Å². The van der Waals surface area contributed by atoms with Gasteiger partial charge >= 0.3 is 0 Å². The third-order valence-corrected chi connectivity index (χ3v) is 3.84. The van der Waals surface area contributed by atoms with Gasteiger partial charge in [-0.2, -0.15) is 0 Å². The number of nitrogens with zero attached hydrogens (tertiary/aromatic N) is 1. The number of allylic oxidation sites excluding steroid dienone is 1. The molecule has 2 aliphatic rings. The Kier molecular flexibility index (Phi) is 3.70. The van der Waals surface area contributed by atoms with E-state index in [0.717, 1.165) is 29.8 Å². The summed E-state index contributed by atoms with van der Waals surface area (Å²) in [4.78, 5) is 2.41. The smallest absolute Gasteiger partial charge is 0.0839 e. The lowest BCUT2D eigenvalue weighted by Crippen LogP contribution is -2.33. The SMILES string of the molecule is OCC1=C(Br)C(N2CCCCC2)=CCN1. The van der Waals surface area contributed by atoms with Gasteiger partial charge in [0.2, 0.25) is 0 Å². The first-order chi connectivity index (χ1) is 7.33. The molecule has 1 fully saturated rings. The third kappa shape index (κ3) is 2.37. The molecule has 0 aromatic heterocycles. The quantitative estimate of drug-likeness (QED) is 0.801. The van der Waals surface area contributed by atoms with Crippen molar-refractivity contribution >= 4 is 15.9 Å². The molecule has 0 spiro atoms. The summed E-state index contributed by atoms with van der Waals surface area (Å²) < 4.78 is 1.03. The summed E-state index contributed by atoms with van der Waals surface area (Å²) in [5.41, 5.74) is 2.15. The van der Waals surface area contributed by atoms with Crippen LogP contribution in [0.3, 0.4) is 0 Å². The van der Waals surface area contributed by atoms with Crippen LogP contribution in [0.15, 0.2) is 22.0 Å². The number of halogens is 1. The maximum absolute atomic E-state index is 9.18. The van der Waals surface area contributed by atoms with E-state index in [0.29, 0.717) is 0 Å². The molecule has 0 aromatic rings. The van der Waals surface area contributed by atoms with Gasteiger partial charge < -0.3 is 15.3 Å². The average Bonchev–Trinajstić information content (AvgIpc) is 2.30. The Morgan fingerprint density at radius 2 is 2.07 bits per heavy atom. The minimum absolute atomic E-state index is 0.0752. The predicted molar refractivity (Wildman–Crippen MR) is 64.5 cm³/mol. The van der Waals surface area contributed by atoms with Crippen LogP contribution < -0.4 is 5.32 Å². The Bertz CT molecular complexity index is 293. The molecule has 84 valence electrons. The van der Waals surface area contributed by atoms with E-state index in [2.05, 4.69) is 32.2 Å². The summed E-state index contributed by atoms with van der Waals surface area (Å²) in [5.74, 6) is 0. The number of hydrogen-bond donors (Lipinski definition) is 2. The van der Waals surface area contributed by atoms with Crippen molar-refractivity contribution in [2.24, 2.45) is 0 Å². The predicted octanol–water partition coefficient (Wildman–Crippen LogP) is 1.56. The highest BCUT2D eigenvalue weighted by Crippen LogP contribution is 2.28. The summed E-state index contributed by atoms with van der Waals surface area (Å²) in [6.45, 7) is 3.17. The van der Waals surface area contributed by atoms with E-state index < -0.39 is 0 Å². The Hall–Kier alpha value is -0.480. The second-order valence-electron chi connectivity index (χ2n) is 3.97. The molecule has 2 heterocycles. The summed E-state index contributed by atoms with van der Waals surface area (Å²) in [5, 5.41) is 12.3. The zero-order valence-electron chi connectivity index (χ0n) is 8.80. The lowest BCUT2D eigenvalue weighted by Gasteiger charge is -2.33. The molecule has 0 saturated carbocycles. The van der Waals surface area contributed by atoms with E-state index in [-0.39, 0.29) is 6.61 Å². The molecule has 2 aliphatic heterocycles. The van der Waals surface area contributed by atoms with Crippen LogP contribution in [-0.2, 0) is 0 Å². The summed E-state index contributed by atoms with van der Waals surface area (Å²) in [7, 11) is 0. The summed E-state index contributed by atoms with van der Waals surface area (Å²) in [6.07, 6.45) is 6.09. The van der Waals surface area contributed by atoms with Crippen LogP contribution in [0.1, 0.15) is 19.3 Å². The molecule has 2 N–H and O–H groups in total. The van der Waals surface area contributed by atoms with Gasteiger partial charge in [0, 0.05) is 19.6 Å². The highest BCUT2D eigenvalue weighted by Gasteiger charge is 2.19. The van der Waals surface area contributed by atoms with Crippen LogP contribution in [0.5, 0.6) is 0 Å². The van der Waals surface area contributed by atoms with E-state index in [4.69, 9.17) is 0 Å². The van der Waals surface area contributed by atoms with Gasteiger partial charge in [0.1, 0.15) is 0 Å². The molecule has 15 heavy (non-hydrogen) atoms. The van der Waals surface area contributed by atoms with Crippen LogP contribution in [0.4, 0.5) is 0 Å². The minimum atomic E-state index is 0.0752. The number of piperidine rings is 1. The van der Waals surface area contributed by atoms with Gasteiger partial charge in [-0.3, -0.25) is 0 Å². The molecule has 0 radical (unpaired) electrons. The highest BCUT2D eigenvalue weighted by atomic mass is 79.9. The Morgan fingerprint density at radius 1 is 1.33 bits per heavy atom. The second kappa shape index (κ2) is 5.03. The average molecular weight is 273 g/mol. The van der Waals surface area contributed by atoms with Crippen molar-refractivity contribution in [1.29, 1.82) is 0 Å². The van der Waals surface area contributed by atoms with Gasteiger partial charge in [0.15, 0.2) is 0 Å². The standard InChI is InChI=1S/C11H17BrN2O/c12-11-9(8-15)13-5-4-10(11)14-6-2-1-3-7-14/h4,13,15H,1-3,5-8H2. The molecular formula is C11H17BrN2O. The number of aliphatic hydroxyl groups excluding tert-OH is 1. The lowest BCUT2D eigenvalue weighted by molar-refractivity contribution is 0.286. The number of rotatable bonds is 2. The molecule has 0 unspecified atom stereocenters. The van der Waals surface area contributed by atoms with Gasteiger partial charge in [-0.15, -0.1) is 0 Å². The maximum atomic E-state index is 9.18. The Morgan fingerprint density at radius 3 is 2.73 bits per heavy atom. The van der Waals surface area contributed by atoms with Crippen molar-refractivity contribution in [1.82, 2.24) is 10.2 Å². The summed E-state index contributed by atoms with van der Waals surface area (Å²) >= 11 is 3.56. The van der Waals surface area contributed by atoms with Gasteiger partial charge in [-0.25, -0.2) is 0 Å². The number of hydrogen-bond acceptors (Lipinski definition) is 3. The van der Waals surface area contributed by atoms with E-state index >= 15 is 0 Å². The fourth-order valence-corrected chi connectivity index (χ4v) is 2.80. The molecule has 0 atom stereocenters. The largest absolute Gasteiger partial charge is 0.390 e. The van der Waals surface area contributed by atoms with Crippen LogP contribution >= 0.6 is 15.9 Å². The first-order valence-electron chi connectivity index (χ1n) is 5.52. The third-order valence-electron chi connectivity index (χ3n) is 2.96. The minimum Gasteiger partial charge on any atom is -0.390 e. The molecule has 0 bridgehead atoms. The van der Waals surface area contributed by atoms with Gasteiger partial charge in [-0.05, 0) is 41.3 Å². The molecule has 0 amide bonds. The number of dihydropyridines is 1. The zero-order valence-corrected chi connectivity index (χ0v) is 10.4. The Balaban J connectivity index is 2.13. The van der Waals surface area contributed by atoms with Crippen LogP contribution in [0, 0.1) is 0 Å². The van der Waals surface area contributed by atoms with Crippen LogP contribution in [-0.4, -0.2) is 36.2 Å². The van der Waals surface area contributed by atoms with Gasteiger partial charge in [0.05, 0.1) is 22.5 Å². The van der Waals surface area contributed by atoms with E-state index in [1.165, 1.54) is 25.0 Å². The Labute approximate surface area is 99.0 Å². The topological polar surface area (TPSA) is 35.5 Å². The highest BCUT2D eigenvalue weighted by molar-refractivity contribution is 9.12. The molecule has 4 heteroatoms. The summed E-state index contributed by atoms with van der Waals surface area (Å²) in [6, 6.07) is 0. The number of nitrogens with one attached hydrogen (secondary N) is 1. The molecule has 2 rings (SSSR count). The second-order valence-corrected chi connectivity index (χ2v) is 4.76. The molecule has 3 nitrogen and oxygen atoms in total. The molecule has 0 aliphatic carbocycles. The van der Waals surface area contributed by atoms with Crippen molar-refractivity contribution in [2.75, 3.05) is 26.2 Å². The maximum Gasteiger partial charge on any atom is 0.0839 e. The number of likely N-dealkylation sites (tertiary alicyclic amines) is 1. The van der Waals surface area contributed by atoms with Crippen molar-refractivity contribution < 1.29 is 5.11 Å². The van der Waals surface area contributed by atoms with Crippen molar-refractivity contribution in [3.8, 4) is 0 Å². The van der Waals surface area contributed by atoms with Crippen molar-refractivity contribution in [3.05, 3.63) is 22.0 Å². The molecule has 1 saturated heterocycles. The van der Waals surface area contributed by atoms with E-state index in [9.17, 15) is 5.11 Å². The zero-order chi connectivity index (χ0) is 10.7. The van der Waals surface area contributed by atoms with Gasteiger partial charge in [-0.1, -0.05) is 0 Å². The monoisotopic (exact) mass is 272 g/mol. The fourth-order valence-electron chi connectivity index (χ4n) is 2.12. The fraction of sp³-hybridized carbons (Fsp3) is 0.636. The number of aliphatic hydroxyl groups is 1. The van der Waals surface area contributed by atoms with Crippen LogP contribution in [0.2, 0.25) is 0 Å².